The van der Waals surface area contributed by atoms with Gasteiger partial charge in [0.25, 0.3) is 0 Å². The third-order valence-electron chi connectivity index (χ3n) is 4.14. The lowest BCUT2D eigenvalue weighted by Crippen LogP contribution is -2.28. The van der Waals surface area contributed by atoms with Crippen LogP contribution in [0.5, 0.6) is 5.75 Å². The number of benzene rings is 1. The quantitative estimate of drug-likeness (QED) is 0.810. The Hall–Kier alpha value is -2.23. The summed E-state index contributed by atoms with van der Waals surface area (Å²) in [4.78, 5) is 12.1. The molecule has 0 saturated carbocycles. The van der Waals surface area contributed by atoms with Crippen molar-refractivity contribution in [2.45, 2.75) is 54.5 Å². The van der Waals surface area contributed by atoms with E-state index >= 15 is 0 Å². The van der Waals surface area contributed by atoms with Gasteiger partial charge in [0.05, 0.1) is 6.61 Å². The molecule has 0 saturated heterocycles. The van der Waals surface area contributed by atoms with E-state index in [1.54, 1.807) is 6.08 Å². The molecular weight excluding hydrogens is 302 g/mol. The summed E-state index contributed by atoms with van der Waals surface area (Å²) in [5.74, 6) is 1.60. The van der Waals surface area contributed by atoms with Gasteiger partial charge in [-0.3, -0.25) is 4.79 Å². The number of carbonyl (C=O) groups excluding carboxylic acids is 1. The lowest BCUT2D eigenvalue weighted by Gasteiger charge is -2.15. The number of carbonyl (C=O) groups is 1. The van der Waals surface area contributed by atoms with Gasteiger partial charge in [0.1, 0.15) is 17.1 Å². The second-order valence-electron chi connectivity index (χ2n) is 6.46. The average Bonchev–Trinajstić information content (AvgIpc) is 2.77. The molecule has 0 bridgehead atoms. The maximum atomic E-state index is 12.1. The molecule has 0 unspecified atom stereocenters. The second-order valence-corrected chi connectivity index (χ2v) is 6.46. The lowest BCUT2D eigenvalue weighted by atomic mass is 9.98. The molecule has 0 fully saturated rings. The summed E-state index contributed by atoms with van der Waals surface area (Å²) >= 11 is 0. The van der Waals surface area contributed by atoms with Crippen molar-refractivity contribution in [1.82, 2.24) is 5.32 Å². The molecule has 1 aromatic carbocycles. The number of aryl methyl sites for hydroxylation is 3. The second kappa shape index (κ2) is 7.12. The zero-order valence-electron chi connectivity index (χ0n) is 15.7. The fourth-order valence-corrected chi connectivity index (χ4v) is 2.84. The first-order chi connectivity index (χ1) is 11.3. The Labute approximate surface area is 143 Å². The van der Waals surface area contributed by atoms with Gasteiger partial charge in [0.2, 0.25) is 5.91 Å². The van der Waals surface area contributed by atoms with Crippen LogP contribution in [0.3, 0.4) is 0 Å². The maximum Gasteiger partial charge on any atom is 0.244 e. The van der Waals surface area contributed by atoms with Gasteiger partial charge in [-0.05, 0) is 65.7 Å². The fourth-order valence-electron chi connectivity index (χ4n) is 2.84. The lowest BCUT2D eigenvalue weighted by molar-refractivity contribution is -0.116. The Morgan fingerprint density at radius 3 is 2.54 bits per heavy atom. The van der Waals surface area contributed by atoms with Crippen LogP contribution < -0.4 is 10.1 Å². The predicted molar refractivity (Wildman–Crippen MR) is 98.5 cm³/mol. The molecule has 1 N–H and O–H groups in total. The Kier molecular flexibility index (Phi) is 5.37. The van der Waals surface area contributed by atoms with Gasteiger partial charge in [-0.1, -0.05) is 0 Å². The highest BCUT2D eigenvalue weighted by atomic mass is 16.5. The molecule has 0 aliphatic carbocycles. The molecule has 0 atom stereocenters. The highest BCUT2D eigenvalue weighted by Crippen LogP contribution is 2.38. The Balaban J connectivity index is 2.62. The maximum absolute atomic E-state index is 12.1. The number of ether oxygens (including phenoxy) is 1. The molecule has 1 amide bonds. The van der Waals surface area contributed by atoms with E-state index in [2.05, 4.69) is 18.3 Å². The van der Waals surface area contributed by atoms with Gasteiger partial charge in [-0.15, -0.1) is 0 Å². The molecule has 1 aromatic heterocycles. The van der Waals surface area contributed by atoms with Crippen LogP contribution in [-0.4, -0.2) is 18.6 Å². The van der Waals surface area contributed by atoms with E-state index in [-0.39, 0.29) is 11.9 Å². The molecular formula is C20H27NO3. The van der Waals surface area contributed by atoms with Crippen molar-refractivity contribution >= 4 is 22.4 Å². The Bertz CT molecular complexity index is 797. The summed E-state index contributed by atoms with van der Waals surface area (Å²) in [7, 11) is 0. The summed E-state index contributed by atoms with van der Waals surface area (Å²) in [5, 5.41) is 3.96. The van der Waals surface area contributed by atoms with Crippen LogP contribution in [0.25, 0.3) is 16.5 Å². The van der Waals surface area contributed by atoms with E-state index in [1.807, 2.05) is 41.5 Å². The summed E-state index contributed by atoms with van der Waals surface area (Å²) < 4.78 is 11.8. The first-order valence-electron chi connectivity index (χ1n) is 8.41. The molecule has 0 radical (unpaired) electrons. The van der Waals surface area contributed by atoms with Gasteiger partial charge < -0.3 is 14.5 Å². The normalized spacial score (nSPS) is 12.1. The molecule has 2 aromatic rings. The largest absolute Gasteiger partial charge is 0.493 e. The topological polar surface area (TPSA) is 51.5 Å². The summed E-state index contributed by atoms with van der Waals surface area (Å²) in [6, 6.07) is 2.17. The molecule has 24 heavy (non-hydrogen) atoms. The standard InChI is InChI=1S/C20H27NO3/c1-8-23-19-14(6)20-17(13(5)15(7)24-20)10-16(19)12(4)9-18(22)21-11(2)3/h9-11H,8H2,1-7H3,(H,21,22)/b12-9+. The Morgan fingerprint density at radius 2 is 1.96 bits per heavy atom. The van der Waals surface area contributed by atoms with E-state index in [0.717, 1.165) is 44.7 Å². The minimum Gasteiger partial charge on any atom is -0.493 e. The van der Waals surface area contributed by atoms with Crippen LogP contribution in [0.1, 0.15) is 50.1 Å². The smallest absolute Gasteiger partial charge is 0.244 e. The van der Waals surface area contributed by atoms with Crippen molar-refractivity contribution in [2.75, 3.05) is 6.61 Å². The number of hydrogen-bond acceptors (Lipinski definition) is 3. The van der Waals surface area contributed by atoms with Gasteiger partial charge in [-0.2, -0.15) is 0 Å². The van der Waals surface area contributed by atoms with Crippen molar-refractivity contribution in [2.24, 2.45) is 0 Å². The predicted octanol–water partition coefficient (Wildman–Crippen LogP) is 4.68. The molecule has 4 nitrogen and oxygen atoms in total. The van der Waals surface area contributed by atoms with Crippen LogP contribution in [0.2, 0.25) is 0 Å². The first kappa shape index (κ1) is 18.1. The monoisotopic (exact) mass is 329 g/mol. The van der Waals surface area contributed by atoms with Gasteiger partial charge in [0, 0.05) is 28.6 Å². The van der Waals surface area contributed by atoms with Crippen molar-refractivity contribution < 1.29 is 13.9 Å². The number of rotatable bonds is 5. The van der Waals surface area contributed by atoms with Crippen LogP contribution in [0.4, 0.5) is 0 Å². The third kappa shape index (κ3) is 3.48. The zero-order chi connectivity index (χ0) is 18.0. The summed E-state index contributed by atoms with van der Waals surface area (Å²) in [6.07, 6.45) is 1.63. The Morgan fingerprint density at radius 1 is 1.29 bits per heavy atom. The molecule has 0 aliphatic rings. The molecule has 2 rings (SSSR count). The molecule has 0 aliphatic heterocycles. The summed E-state index contributed by atoms with van der Waals surface area (Å²) in [6.45, 7) is 14.4. The number of furan rings is 1. The number of amides is 1. The van der Waals surface area contributed by atoms with E-state index < -0.39 is 0 Å². The van der Waals surface area contributed by atoms with Gasteiger partial charge in [-0.25, -0.2) is 0 Å². The average molecular weight is 329 g/mol. The summed E-state index contributed by atoms with van der Waals surface area (Å²) in [5.41, 5.74) is 4.76. The van der Waals surface area contributed by atoms with Crippen LogP contribution in [0, 0.1) is 20.8 Å². The van der Waals surface area contributed by atoms with Crippen molar-refractivity contribution in [1.29, 1.82) is 0 Å². The number of hydrogen-bond donors (Lipinski definition) is 1. The molecule has 1 heterocycles. The van der Waals surface area contributed by atoms with Crippen molar-refractivity contribution in [3.63, 3.8) is 0 Å². The van der Waals surface area contributed by atoms with Crippen LogP contribution in [-0.2, 0) is 4.79 Å². The first-order valence-corrected chi connectivity index (χ1v) is 8.41. The minimum absolute atomic E-state index is 0.0946. The van der Waals surface area contributed by atoms with Crippen molar-refractivity contribution in [3.8, 4) is 5.75 Å². The molecule has 130 valence electrons. The fraction of sp³-hybridized carbons (Fsp3) is 0.450. The minimum atomic E-state index is -0.0946. The number of allylic oxidation sites excluding steroid dienone is 1. The zero-order valence-corrected chi connectivity index (χ0v) is 15.7. The van der Waals surface area contributed by atoms with E-state index in [9.17, 15) is 4.79 Å². The van der Waals surface area contributed by atoms with E-state index in [1.165, 1.54) is 0 Å². The van der Waals surface area contributed by atoms with Crippen molar-refractivity contribution in [3.05, 3.63) is 34.6 Å². The molecule has 0 spiro atoms. The third-order valence-corrected chi connectivity index (χ3v) is 4.14. The van der Waals surface area contributed by atoms with Crippen LogP contribution in [0.15, 0.2) is 16.6 Å². The van der Waals surface area contributed by atoms with Gasteiger partial charge >= 0.3 is 0 Å². The van der Waals surface area contributed by atoms with Gasteiger partial charge in [0.15, 0.2) is 0 Å². The van der Waals surface area contributed by atoms with E-state index in [0.29, 0.717) is 6.61 Å². The number of nitrogens with one attached hydrogen (secondary N) is 1. The van der Waals surface area contributed by atoms with E-state index in [4.69, 9.17) is 9.15 Å². The molecule has 4 heteroatoms. The highest BCUT2D eigenvalue weighted by Gasteiger charge is 2.18. The highest BCUT2D eigenvalue weighted by molar-refractivity contribution is 5.98. The number of fused-ring (bicyclic) bond motifs is 1. The van der Waals surface area contributed by atoms with Crippen LogP contribution >= 0.6 is 0 Å². The SMILES string of the molecule is CCOc1c(/C(C)=C/C(=O)NC(C)C)cc2c(C)c(C)oc2c1C.